The van der Waals surface area contributed by atoms with Gasteiger partial charge >= 0.3 is 0 Å². The molecule has 1 aromatic carbocycles. The molecule has 0 saturated carbocycles. The first-order chi connectivity index (χ1) is 18.7. The van der Waals surface area contributed by atoms with E-state index in [2.05, 4.69) is 15.3 Å². The van der Waals surface area contributed by atoms with Gasteiger partial charge in [-0.05, 0) is 69.6 Å². The SMILES string of the molecule is Cc1ccc(-c2cnc([C@H](C)CC(=O)[C@H](CC(=O)N3CCCC[C@@H]3C)NC(=O)CC3CCOCC3)[nH]2)c(F)c1. The number of rotatable bonds is 10. The second-order valence-corrected chi connectivity index (χ2v) is 11.3. The monoisotopic (exact) mass is 540 g/mol. The number of halogens is 1. The van der Waals surface area contributed by atoms with Gasteiger partial charge in [-0.15, -0.1) is 0 Å². The molecular formula is C30H41FN4O4. The van der Waals surface area contributed by atoms with Crippen molar-refractivity contribution in [3.05, 3.63) is 41.6 Å². The first kappa shape index (κ1) is 28.9. The highest BCUT2D eigenvalue weighted by molar-refractivity contribution is 5.93. The van der Waals surface area contributed by atoms with E-state index in [4.69, 9.17) is 4.74 Å². The second-order valence-electron chi connectivity index (χ2n) is 11.3. The molecule has 0 aliphatic carbocycles. The quantitative estimate of drug-likeness (QED) is 0.455. The van der Waals surface area contributed by atoms with Crippen LogP contribution in [0.1, 0.15) is 82.5 Å². The molecule has 0 radical (unpaired) electrons. The Kier molecular flexibility index (Phi) is 9.88. The predicted molar refractivity (Wildman–Crippen MR) is 146 cm³/mol. The van der Waals surface area contributed by atoms with Gasteiger partial charge in [0, 0.05) is 50.1 Å². The van der Waals surface area contributed by atoms with Crippen LogP contribution in [0.2, 0.25) is 0 Å². The fourth-order valence-corrected chi connectivity index (χ4v) is 5.58. The Morgan fingerprint density at radius 1 is 1.18 bits per heavy atom. The third-order valence-corrected chi connectivity index (χ3v) is 8.03. The molecule has 2 N–H and O–H groups in total. The van der Waals surface area contributed by atoms with E-state index in [-0.39, 0.29) is 54.1 Å². The van der Waals surface area contributed by atoms with Crippen LogP contribution in [0.4, 0.5) is 4.39 Å². The summed E-state index contributed by atoms with van der Waals surface area (Å²) in [5, 5.41) is 2.89. The molecule has 3 heterocycles. The molecule has 2 amide bonds. The lowest BCUT2D eigenvalue weighted by Crippen LogP contribution is -2.48. The zero-order valence-electron chi connectivity index (χ0n) is 23.3. The molecule has 0 spiro atoms. The van der Waals surface area contributed by atoms with Crippen molar-refractivity contribution in [1.29, 1.82) is 0 Å². The number of Topliss-reactive ketones (excluding diaryl/α,β-unsaturated/α-hetero) is 1. The van der Waals surface area contributed by atoms with Crippen molar-refractivity contribution in [2.24, 2.45) is 5.92 Å². The number of amides is 2. The molecule has 0 unspecified atom stereocenters. The first-order valence-corrected chi connectivity index (χ1v) is 14.2. The average molecular weight is 541 g/mol. The van der Waals surface area contributed by atoms with Crippen molar-refractivity contribution in [1.82, 2.24) is 20.2 Å². The van der Waals surface area contributed by atoms with Gasteiger partial charge in [0.05, 0.1) is 24.4 Å². The Bertz CT molecular complexity index is 1160. The number of aromatic nitrogens is 2. The fraction of sp³-hybridized carbons (Fsp3) is 0.600. The molecule has 39 heavy (non-hydrogen) atoms. The van der Waals surface area contributed by atoms with Crippen LogP contribution in [0, 0.1) is 18.7 Å². The summed E-state index contributed by atoms with van der Waals surface area (Å²) in [5.74, 6) is -0.389. The topological polar surface area (TPSA) is 104 Å². The van der Waals surface area contributed by atoms with Gasteiger partial charge in [-0.1, -0.05) is 13.0 Å². The molecule has 4 rings (SSSR count). The maximum Gasteiger partial charge on any atom is 0.225 e. The van der Waals surface area contributed by atoms with E-state index in [9.17, 15) is 18.8 Å². The molecule has 2 saturated heterocycles. The number of hydrogen-bond donors (Lipinski definition) is 2. The number of imidazole rings is 1. The van der Waals surface area contributed by atoms with E-state index in [1.165, 1.54) is 6.07 Å². The lowest BCUT2D eigenvalue weighted by atomic mass is 9.94. The summed E-state index contributed by atoms with van der Waals surface area (Å²) in [6, 6.07) is 4.23. The summed E-state index contributed by atoms with van der Waals surface area (Å²) < 4.78 is 19.9. The molecule has 9 heteroatoms. The van der Waals surface area contributed by atoms with Crippen molar-refractivity contribution in [3.63, 3.8) is 0 Å². The van der Waals surface area contributed by atoms with Gasteiger partial charge in [0.25, 0.3) is 0 Å². The van der Waals surface area contributed by atoms with Crippen LogP contribution < -0.4 is 5.32 Å². The first-order valence-electron chi connectivity index (χ1n) is 14.2. The lowest BCUT2D eigenvalue weighted by molar-refractivity contribution is -0.138. The van der Waals surface area contributed by atoms with Crippen LogP contribution in [0.5, 0.6) is 0 Å². The molecular weight excluding hydrogens is 499 g/mol. The summed E-state index contributed by atoms with van der Waals surface area (Å²) in [6.07, 6.45) is 6.54. The van der Waals surface area contributed by atoms with Gasteiger partial charge in [0.15, 0.2) is 5.78 Å². The highest BCUT2D eigenvalue weighted by Crippen LogP contribution is 2.26. The number of hydrogen-bond acceptors (Lipinski definition) is 5. The number of nitrogens with one attached hydrogen (secondary N) is 2. The van der Waals surface area contributed by atoms with Crippen LogP contribution in [0.25, 0.3) is 11.3 Å². The number of carbonyl (C=O) groups is 3. The Morgan fingerprint density at radius 3 is 2.67 bits per heavy atom. The summed E-state index contributed by atoms with van der Waals surface area (Å²) in [5.41, 5.74) is 1.78. The number of carbonyl (C=O) groups excluding carboxylic acids is 3. The number of nitrogens with zero attached hydrogens (tertiary/aromatic N) is 2. The van der Waals surface area contributed by atoms with E-state index in [0.29, 0.717) is 43.3 Å². The molecule has 2 aliphatic rings. The number of H-pyrrole nitrogens is 1. The Balaban J connectivity index is 1.44. The van der Waals surface area contributed by atoms with Crippen molar-refractivity contribution in [3.8, 4) is 11.3 Å². The van der Waals surface area contributed by atoms with Crippen molar-refractivity contribution in [2.75, 3.05) is 19.8 Å². The van der Waals surface area contributed by atoms with Crippen LogP contribution in [0.15, 0.2) is 24.4 Å². The number of benzene rings is 1. The van der Waals surface area contributed by atoms with Crippen LogP contribution in [-0.4, -0.2) is 64.3 Å². The maximum absolute atomic E-state index is 14.5. The number of piperidine rings is 1. The van der Waals surface area contributed by atoms with Crippen LogP contribution in [-0.2, 0) is 19.1 Å². The van der Waals surface area contributed by atoms with Crippen molar-refractivity contribution >= 4 is 17.6 Å². The second kappa shape index (κ2) is 13.3. The number of ether oxygens (including phenoxy) is 1. The number of ketones is 1. The average Bonchev–Trinajstić information content (AvgIpc) is 3.39. The van der Waals surface area contributed by atoms with E-state index < -0.39 is 6.04 Å². The molecule has 1 aromatic heterocycles. The minimum atomic E-state index is -0.898. The number of likely N-dealkylation sites (tertiary alicyclic amines) is 1. The van der Waals surface area contributed by atoms with Crippen LogP contribution >= 0.6 is 0 Å². The van der Waals surface area contributed by atoms with Gasteiger partial charge in [0.2, 0.25) is 11.8 Å². The Morgan fingerprint density at radius 2 is 1.95 bits per heavy atom. The predicted octanol–water partition coefficient (Wildman–Crippen LogP) is 4.68. The normalized spacial score (nSPS) is 19.9. The van der Waals surface area contributed by atoms with Gasteiger partial charge in [-0.25, -0.2) is 9.37 Å². The molecule has 2 fully saturated rings. The third-order valence-electron chi connectivity index (χ3n) is 8.03. The van der Waals surface area contributed by atoms with E-state index >= 15 is 0 Å². The van der Waals surface area contributed by atoms with Gasteiger partial charge in [-0.3, -0.25) is 14.4 Å². The lowest BCUT2D eigenvalue weighted by Gasteiger charge is -2.34. The number of aryl methyl sites for hydroxylation is 1. The fourth-order valence-electron chi connectivity index (χ4n) is 5.58. The zero-order valence-corrected chi connectivity index (χ0v) is 23.3. The highest BCUT2D eigenvalue weighted by Gasteiger charge is 2.31. The molecule has 0 bridgehead atoms. The standard InChI is InChI=1S/C30H41FN4O4/c1-19-7-8-23(24(31)14-19)26-18-32-30(34-26)20(2)15-27(36)25(17-29(38)35-11-5-4-6-21(35)3)33-28(37)16-22-9-12-39-13-10-22/h7-8,14,18,20-22,25H,4-6,9-13,15-17H2,1-3H3,(H,32,34)(H,33,37)/t20-,21+,25+/m1/s1. The largest absolute Gasteiger partial charge is 0.381 e. The Labute approximate surface area is 230 Å². The summed E-state index contributed by atoms with van der Waals surface area (Å²) in [7, 11) is 0. The molecule has 8 nitrogen and oxygen atoms in total. The smallest absolute Gasteiger partial charge is 0.225 e. The number of aromatic amines is 1. The summed E-state index contributed by atoms with van der Waals surface area (Å²) in [6.45, 7) is 7.68. The van der Waals surface area contributed by atoms with Gasteiger partial charge in [0.1, 0.15) is 11.6 Å². The molecule has 2 aliphatic heterocycles. The minimum absolute atomic E-state index is 0.0482. The van der Waals surface area contributed by atoms with Crippen molar-refractivity contribution < 1.29 is 23.5 Å². The van der Waals surface area contributed by atoms with E-state index in [0.717, 1.165) is 37.7 Å². The highest BCUT2D eigenvalue weighted by atomic mass is 19.1. The van der Waals surface area contributed by atoms with Crippen LogP contribution in [0.3, 0.4) is 0 Å². The zero-order chi connectivity index (χ0) is 27.9. The van der Waals surface area contributed by atoms with Gasteiger partial charge in [-0.2, -0.15) is 0 Å². The summed E-state index contributed by atoms with van der Waals surface area (Å²) >= 11 is 0. The van der Waals surface area contributed by atoms with Crippen molar-refractivity contribution in [2.45, 2.75) is 90.1 Å². The summed E-state index contributed by atoms with van der Waals surface area (Å²) in [4.78, 5) is 49.1. The van der Waals surface area contributed by atoms with E-state index in [1.54, 1.807) is 12.3 Å². The maximum atomic E-state index is 14.5. The molecule has 212 valence electrons. The molecule has 2 aromatic rings. The van der Waals surface area contributed by atoms with Gasteiger partial charge < -0.3 is 19.9 Å². The third kappa shape index (κ3) is 7.75. The van der Waals surface area contributed by atoms with E-state index in [1.807, 2.05) is 31.7 Å². The Hall–Kier alpha value is -3.07. The minimum Gasteiger partial charge on any atom is -0.381 e. The molecule has 3 atom stereocenters.